The number of carboxylic acids is 1. The highest BCUT2D eigenvalue weighted by Crippen LogP contribution is 2.33. The number of hydrogen-bond donors (Lipinski definition) is 2. The Morgan fingerprint density at radius 1 is 1.24 bits per heavy atom. The first-order valence-electron chi connectivity index (χ1n) is 7.51. The molecule has 2 heterocycles. The molecule has 1 saturated heterocycles. The maximum absolute atomic E-state index is 12.8. The first-order chi connectivity index (χ1) is 10.2. The zero-order chi connectivity index (χ0) is 14.8. The predicted molar refractivity (Wildman–Crippen MR) is 79.2 cm³/mol. The summed E-state index contributed by atoms with van der Waals surface area (Å²) in [4.78, 5) is 25.7. The zero-order valence-electron chi connectivity index (χ0n) is 11.9. The van der Waals surface area contributed by atoms with E-state index in [1.54, 1.807) is 4.90 Å². The first kappa shape index (κ1) is 13.9. The van der Waals surface area contributed by atoms with E-state index in [-0.39, 0.29) is 11.8 Å². The normalized spacial score (nSPS) is 24.9. The Bertz CT molecular complexity index is 558. The van der Waals surface area contributed by atoms with Crippen molar-refractivity contribution in [1.29, 1.82) is 0 Å². The van der Waals surface area contributed by atoms with Crippen LogP contribution in [0.4, 0.5) is 5.69 Å². The molecule has 0 radical (unpaired) electrons. The number of carbonyl (C=O) groups is 2. The lowest BCUT2D eigenvalue weighted by Gasteiger charge is -2.35. The van der Waals surface area contributed by atoms with E-state index in [1.165, 1.54) is 0 Å². The summed E-state index contributed by atoms with van der Waals surface area (Å²) in [6.07, 6.45) is 2.21. The second kappa shape index (κ2) is 5.76. The maximum atomic E-state index is 12.8. The van der Waals surface area contributed by atoms with Crippen LogP contribution in [-0.4, -0.2) is 41.5 Å². The lowest BCUT2D eigenvalue weighted by molar-refractivity contribution is -0.146. The molecular formula is C16H20N2O3. The van der Waals surface area contributed by atoms with Gasteiger partial charge < -0.3 is 15.3 Å². The molecule has 1 unspecified atom stereocenters. The number of nitrogens with zero attached hydrogens (tertiary/aromatic N) is 1. The second-order valence-electron chi connectivity index (χ2n) is 5.82. The summed E-state index contributed by atoms with van der Waals surface area (Å²) >= 11 is 0. The van der Waals surface area contributed by atoms with Crippen LogP contribution in [0, 0.1) is 5.92 Å². The fourth-order valence-electron chi connectivity index (χ4n) is 3.32. The van der Waals surface area contributed by atoms with Gasteiger partial charge in [-0.2, -0.15) is 0 Å². The molecule has 0 spiro atoms. The number of amides is 1. The van der Waals surface area contributed by atoms with E-state index >= 15 is 0 Å². The molecule has 1 aromatic rings. The molecule has 0 aromatic heterocycles. The molecule has 2 aliphatic rings. The quantitative estimate of drug-likeness (QED) is 0.872. The molecule has 0 bridgehead atoms. The van der Waals surface area contributed by atoms with Gasteiger partial charge in [-0.3, -0.25) is 9.59 Å². The summed E-state index contributed by atoms with van der Waals surface area (Å²) in [5.41, 5.74) is 2.06. The van der Waals surface area contributed by atoms with Crippen LogP contribution in [0.2, 0.25) is 0 Å². The topological polar surface area (TPSA) is 69.6 Å². The number of rotatable bonds is 2. The molecule has 2 N–H and O–H groups in total. The molecule has 1 fully saturated rings. The van der Waals surface area contributed by atoms with Crippen molar-refractivity contribution in [3.8, 4) is 0 Å². The van der Waals surface area contributed by atoms with Gasteiger partial charge in [-0.1, -0.05) is 18.2 Å². The smallest absolute Gasteiger partial charge is 0.308 e. The van der Waals surface area contributed by atoms with Crippen LogP contribution < -0.4 is 5.32 Å². The van der Waals surface area contributed by atoms with Crippen molar-refractivity contribution in [2.24, 2.45) is 5.92 Å². The minimum Gasteiger partial charge on any atom is -0.481 e. The number of fused-ring (bicyclic) bond motifs is 1. The van der Waals surface area contributed by atoms with E-state index in [0.29, 0.717) is 19.5 Å². The third kappa shape index (κ3) is 2.73. The summed E-state index contributed by atoms with van der Waals surface area (Å²) in [5, 5.41) is 12.5. The van der Waals surface area contributed by atoms with Crippen molar-refractivity contribution in [3.05, 3.63) is 29.8 Å². The van der Waals surface area contributed by atoms with Crippen LogP contribution in [0.25, 0.3) is 0 Å². The highest BCUT2D eigenvalue weighted by molar-refractivity contribution is 5.87. The lowest BCUT2D eigenvalue weighted by atomic mass is 9.88. The molecule has 3 rings (SSSR count). The van der Waals surface area contributed by atoms with E-state index in [2.05, 4.69) is 5.32 Å². The van der Waals surface area contributed by atoms with Gasteiger partial charge in [0.2, 0.25) is 5.91 Å². The summed E-state index contributed by atoms with van der Waals surface area (Å²) in [7, 11) is 0. The summed E-state index contributed by atoms with van der Waals surface area (Å²) in [6, 6.07) is 7.89. The van der Waals surface area contributed by atoms with Crippen LogP contribution in [0.3, 0.4) is 0 Å². The van der Waals surface area contributed by atoms with Crippen molar-refractivity contribution in [1.82, 2.24) is 4.90 Å². The molecule has 2 atom stereocenters. The number of piperidine rings is 1. The van der Waals surface area contributed by atoms with E-state index in [4.69, 9.17) is 5.11 Å². The van der Waals surface area contributed by atoms with Gasteiger partial charge in [-0.25, -0.2) is 0 Å². The van der Waals surface area contributed by atoms with Gasteiger partial charge in [0.25, 0.3) is 0 Å². The fourth-order valence-corrected chi connectivity index (χ4v) is 3.32. The Kier molecular flexibility index (Phi) is 3.82. The zero-order valence-corrected chi connectivity index (χ0v) is 11.9. The van der Waals surface area contributed by atoms with Gasteiger partial charge >= 0.3 is 5.97 Å². The summed E-state index contributed by atoms with van der Waals surface area (Å²) in [6.45, 7) is 1.80. The number of para-hydroxylation sites is 1. The Morgan fingerprint density at radius 2 is 2.05 bits per heavy atom. The predicted octanol–water partition coefficient (Wildman–Crippen LogP) is 1.91. The third-order valence-corrected chi connectivity index (χ3v) is 4.47. The molecule has 5 nitrogen and oxygen atoms in total. The van der Waals surface area contributed by atoms with Crippen LogP contribution in [0.15, 0.2) is 24.3 Å². The molecule has 2 aliphatic heterocycles. The Morgan fingerprint density at radius 3 is 2.86 bits per heavy atom. The van der Waals surface area contributed by atoms with Crippen molar-refractivity contribution >= 4 is 17.6 Å². The molecule has 0 saturated carbocycles. The number of nitrogens with one attached hydrogen (secondary N) is 1. The highest BCUT2D eigenvalue weighted by atomic mass is 16.4. The highest BCUT2D eigenvalue weighted by Gasteiger charge is 2.34. The van der Waals surface area contributed by atoms with Crippen molar-refractivity contribution < 1.29 is 14.7 Å². The Hall–Kier alpha value is -2.04. The number of likely N-dealkylation sites (tertiary alicyclic amines) is 1. The van der Waals surface area contributed by atoms with Crippen LogP contribution >= 0.6 is 0 Å². The number of carboxylic acid groups (broad SMARTS) is 1. The Labute approximate surface area is 123 Å². The van der Waals surface area contributed by atoms with Gasteiger partial charge in [0.15, 0.2) is 0 Å². The first-order valence-corrected chi connectivity index (χ1v) is 7.51. The molecule has 21 heavy (non-hydrogen) atoms. The van der Waals surface area contributed by atoms with Gasteiger partial charge in [0, 0.05) is 25.3 Å². The lowest BCUT2D eigenvalue weighted by Crippen LogP contribution is -2.45. The average Bonchev–Trinajstić information content (AvgIpc) is 2.53. The minimum atomic E-state index is -0.793. The van der Waals surface area contributed by atoms with Crippen molar-refractivity contribution in [2.45, 2.75) is 25.2 Å². The monoisotopic (exact) mass is 288 g/mol. The third-order valence-electron chi connectivity index (χ3n) is 4.47. The fraction of sp³-hybridized carbons (Fsp3) is 0.500. The van der Waals surface area contributed by atoms with Crippen LogP contribution in [0.5, 0.6) is 0 Å². The summed E-state index contributed by atoms with van der Waals surface area (Å²) < 4.78 is 0. The second-order valence-corrected chi connectivity index (χ2v) is 5.82. The van der Waals surface area contributed by atoms with Crippen LogP contribution in [-0.2, 0) is 9.59 Å². The molecule has 5 heteroatoms. The molecule has 1 aromatic carbocycles. The van der Waals surface area contributed by atoms with Crippen molar-refractivity contribution in [3.63, 3.8) is 0 Å². The molecular weight excluding hydrogens is 268 g/mol. The minimum absolute atomic E-state index is 0.0786. The molecule has 0 aliphatic carbocycles. The van der Waals surface area contributed by atoms with Crippen molar-refractivity contribution in [2.75, 3.05) is 25.0 Å². The van der Waals surface area contributed by atoms with E-state index in [1.807, 2.05) is 24.3 Å². The van der Waals surface area contributed by atoms with E-state index < -0.39 is 11.9 Å². The number of benzene rings is 1. The average molecular weight is 288 g/mol. The number of aliphatic carboxylic acids is 1. The Balaban J connectivity index is 1.78. The van der Waals surface area contributed by atoms with Crippen LogP contribution in [0.1, 0.15) is 30.7 Å². The SMILES string of the molecule is O=C(O)[C@@H]1CCCN(C(=O)C2CCNc3ccccc32)C1. The standard InChI is InChI=1S/C16H20N2O3/c19-15(18-9-3-4-11(10-18)16(20)21)13-7-8-17-14-6-2-1-5-12(13)14/h1-2,5-6,11,13,17H,3-4,7-10H2,(H,20,21)/t11-,13?/m1/s1. The number of carbonyl (C=O) groups excluding carboxylic acids is 1. The number of anilines is 1. The molecule has 112 valence electrons. The number of hydrogen-bond acceptors (Lipinski definition) is 3. The van der Waals surface area contributed by atoms with E-state index in [9.17, 15) is 9.59 Å². The van der Waals surface area contributed by atoms with Gasteiger partial charge in [-0.05, 0) is 30.9 Å². The van der Waals surface area contributed by atoms with Gasteiger partial charge in [0.05, 0.1) is 11.8 Å². The largest absolute Gasteiger partial charge is 0.481 e. The molecule has 1 amide bonds. The van der Waals surface area contributed by atoms with E-state index in [0.717, 1.165) is 30.6 Å². The van der Waals surface area contributed by atoms with Gasteiger partial charge in [-0.15, -0.1) is 0 Å². The summed E-state index contributed by atoms with van der Waals surface area (Å²) in [5.74, 6) is -1.28. The maximum Gasteiger partial charge on any atom is 0.308 e. The van der Waals surface area contributed by atoms with Gasteiger partial charge in [0.1, 0.15) is 0 Å².